The summed E-state index contributed by atoms with van der Waals surface area (Å²) in [7, 11) is 0. The average Bonchev–Trinajstić information content (AvgIpc) is 3.38. The number of amides is 1. The molecule has 2 aliphatic rings. The molecule has 0 saturated carbocycles. The molecular formula is C19H16ClN3O2S. The standard InChI is InChI=1S/C19H16ClN3O2S/c20-18-6-5-17(26-18)15-9-16(25-22-15)19(24)23-8-7-14-12(10-23)11-3-1-2-4-13(11)21-14/h1-6,16,21H,7-10H2. The van der Waals surface area contributed by atoms with Gasteiger partial charge in [-0.05, 0) is 18.2 Å². The third kappa shape index (κ3) is 2.61. The Morgan fingerprint density at radius 1 is 1.31 bits per heavy atom. The van der Waals surface area contributed by atoms with Crippen LogP contribution in [0.3, 0.4) is 0 Å². The normalized spacial score (nSPS) is 19.3. The summed E-state index contributed by atoms with van der Waals surface area (Å²) >= 11 is 7.44. The number of benzene rings is 1. The van der Waals surface area contributed by atoms with Crippen LogP contribution in [-0.4, -0.2) is 34.2 Å². The average molecular weight is 386 g/mol. The van der Waals surface area contributed by atoms with Crippen LogP contribution < -0.4 is 0 Å². The van der Waals surface area contributed by atoms with Gasteiger partial charge in [0, 0.05) is 48.1 Å². The van der Waals surface area contributed by atoms with E-state index < -0.39 is 6.10 Å². The van der Waals surface area contributed by atoms with Crippen LogP contribution in [0.2, 0.25) is 4.34 Å². The van der Waals surface area contributed by atoms with Crippen molar-refractivity contribution in [3.63, 3.8) is 0 Å². The number of halogens is 1. The quantitative estimate of drug-likeness (QED) is 0.725. The van der Waals surface area contributed by atoms with E-state index in [0.29, 0.717) is 23.8 Å². The number of rotatable bonds is 2. The molecule has 1 unspecified atom stereocenters. The van der Waals surface area contributed by atoms with Crippen molar-refractivity contribution in [3.8, 4) is 0 Å². The molecule has 0 spiro atoms. The summed E-state index contributed by atoms with van der Waals surface area (Å²) in [5.41, 5.74) is 4.37. The molecule has 1 atom stereocenters. The lowest BCUT2D eigenvalue weighted by molar-refractivity contribution is -0.143. The highest BCUT2D eigenvalue weighted by molar-refractivity contribution is 7.18. The molecule has 0 bridgehead atoms. The summed E-state index contributed by atoms with van der Waals surface area (Å²) < 4.78 is 0.709. The van der Waals surface area contributed by atoms with Crippen molar-refractivity contribution in [3.05, 3.63) is 56.9 Å². The Morgan fingerprint density at radius 3 is 3.04 bits per heavy atom. The number of aromatic amines is 1. The minimum absolute atomic E-state index is 0.00216. The Hall–Kier alpha value is -2.31. The number of para-hydroxylation sites is 1. The van der Waals surface area contributed by atoms with Gasteiger partial charge in [-0.2, -0.15) is 0 Å². The Labute approximate surface area is 159 Å². The highest BCUT2D eigenvalue weighted by Crippen LogP contribution is 2.30. The zero-order chi connectivity index (χ0) is 17.7. The van der Waals surface area contributed by atoms with E-state index in [1.165, 1.54) is 28.0 Å². The van der Waals surface area contributed by atoms with Crippen LogP contribution in [0.15, 0.2) is 41.6 Å². The number of fused-ring (bicyclic) bond motifs is 3. The molecule has 2 aromatic heterocycles. The molecule has 1 aromatic carbocycles. The van der Waals surface area contributed by atoms with E-state index in [1.54, 1.807) is 0 Å². The van der Waals surface area contributed by atoms with Gasteiger partial charge in [0.15, 0.2) is 0 Å². The van der Waals surface area contributed by atoms with Crippen LogP contribution in [0.5, 0.6) is 0 Å². The van der Waals surface area contributed by atoms with Crippen molar-refractivity contribution in [1.29, 1.82) is 0 Å². The molecule has 1 amide bonds. The number of oxime groups is 1. The van der Waals surface area contributed by atoms with Crippen molar-refractivity contribution in [2.45, 2.75) is 25.5 Å². The Morgan fingerprint density at radius 2 is 2.19 bits per heavy atom. The second-order valence-corrected chi connectivity index (χ2v) is 8.29. The number of H-pyrrole nitrogens is 1. The molecule has 3 aromatic rings. The SMILES string of the molecule is O=C(C1CC(c2ccc(Cl)s2)=NO1)N1CCc2[nH]c3ccccc3c2C1. The van der Waals surface area contributed by atoms with E-state index in [-0.39, 0.29) is 5.91 Å². The number of nitrogens with zero attached hydrogens (tertiary/aromatic N) is 2. The molecule has 2 aliphatic heterocycles. The Kier molecular flexibility index (Phi) is 3.76. The van der Waals surface area contributed by atoms with Crippen molar-refractivity contribution in [2.24, 2.45) is 5.16 Å². The molecule has 0 radical (unpaired) electrons. The predicted molar refractivity (Wildman–Crippen MR) is 103 cm³/mol. The molecule has 26 heavy (non-hydrogen) atoms. The van der Waals surface area contributed by atoms with E-state index in [0.717, 1.165) is 22.5 Å². The monoisotopic (exact) mass is 385 g/mol. The van der Waals surface area contributed by atoms with Gasteiger partial charge >= 0.3 is 0 Å². The first-order chi connectivity index (χ1) is 12.7. The van der Waals surface area contributed by atoms with Gasteiger partial charge in [0.05, 0.1) is 9.21 Å². The summed E-state index contributed by atoms with van der Waals surface area (Å²) in [4.78, 5) is 24.7. The molecule has 4 heterocycles. The molecule has 0 saturated heterocycles. The van der Waals surface area contributed by atoms with E-state index in [4.69, 9.17) is 16.4 Å². The second-order valence-electron chi connectivity index (χ2n) is 6.58. The number of aromatic nitrogens is 1. The van der Waals surface area contributed by atoms with Crippen molar-refractivity contribution >= 4 is 45.5 Å². The number of carbonyl (C=O) groups is 1. The fourth-order valence-corrected chi connectivity index (χ4v) is 4.72. The maximum absolute atomic E-state index is 12.9. The smallest absolute Gasteiger partial charge is 0.267 e. The summed E-state index contributed by atoms with van der Waals surface area (Å²) in [6.07, 6.45) is 0.779. The van der Waals surface area contributed by atoms with Gasteiger partial charge in [-0.15, -0.1) is 11.3 Å². The maximum atomic E-state index is 12.9. The maximum Gasteiger partial charge on any atom is 0.267 e. The molecule has 5 rings (SSSR count). The lowest BCUT2D eigenvalue weighted by atomic mass is 10.0. The van der Waals surface area contributed by atoms with Gasteiger partial charge in [0.2, 0.25) is 6.10 Å². The van der Waals surface area contributed by atoms with Gasteiger partial charge in [0.1, 0.15) is 5.71 Å². The topological polar surface area (TPSA) is 57.7 Å². The Balaban J connectivity index is 1.33. The molecular weight excluding hydrogens is 370 g/mol. The summed E-state index contributed by atoms with van der Waals surface area (Å²) in [5, 5.41) is 5.31. The first-order valence-corrected chi connectivity index (χ1v) is 9.74. The van der Waals surface area contributed by atoms with E-state index in [2.05, 4.69) is 22.3 Å². The van der Waals surface area contributed by atoms with Gasteiger partial charge in [-0.1, -0.05) is 35.0 Å². The highest BCUT2D eigenvalue weighted by atomic mass is 35.5. The van der Waals surface area contributed by atoms with Crippen molar-refractivity contribution in [2.75, 3.05) is 6.54 Å². The van der Waals surface area contributed by atoms with Crippen LogP contribution in [0, 0.1) is 0 Å². The second kappa shape index (κ2) is 6.14. The fraction of sp³-hybridized carbons (Fsp3) is 0.263. The number of hydrogen-bond acceptors (Lipinski definition) is 4. The van der Waals surface area contributed by atoms with Gasteiger partial charge in [0.25, 0.3) is 5.91 Å². The molecule has 132 valence electrons. The fourth-order valence-electron chi connectivity index (χ4n) is 3.68. The summed E-state index contributed by atoms with van der Waals surface area (Å²) in [6, 6.07) is 12.0. The molecule has 1 N–H and O–H groups in total. The zero-order valence-corrected chi connectivity index (χ0v) is 15.4. The van der Waals surface area contributed by atoms with E-state index in [9.17, 15) is 4.79 Å². The van der Waals surface area contributed by atoms with E-state index >= 15 is 0 Å². The summed E-state index contributed by atoms with van der Waals surface area (Å²) in [5.74, 6) is 0.00216. The molecule has 5 nitrogen and oxygen atoms in total. The lowest BCUT2D eigenvalue weighted by Gasteiger charge is -2.28. The van der Waals surface area contributed by atoms with Crippen LogP contribution in [0.25, 0.3) is 10.9 Å². The predicted octanol–water partition coefficient (Wildman–Crippen LogP) is 3.96. The first kappa shape index (κ1) is 15.9. The highest BCUT2D eigenvalue weighted by Gasteiger charge is 2.34. The Bertz CT molecular complexity index is 1040. The largest absolute Gasteiger partial charge is 0.382 e. The number of thiophene rings is 1. The van der Waals surface area contributed by atoms with Crippen LogP contribution in [-0.2, 0) is 22.6 Å². The number of carbonyl (C=O) groups excluding carboxylic acids is 1. The number of nitrogens with one attached hydrogen (secondary N) is 1. The van der Waals surface area contributed by atoms with Crippen LogP contribution in [0.1, 0.15) is 22.6 Å². The van der Waals surface area contributed by atoms with Crippen LogP contribution >= 0.6 is 22.9 Å². The minimum atomic E-state index is -0.544. The molecule has 0 fully saturated rings. The van der Waals surface area contributed by atoms with E-state index in [1.807, 2.05) is 29.2 Å². The minimum Gasteiger partial charge on any atom is -0.382 e. The van der Waals surface area contributed by atoms with Gasteiger partial charge < -0.3 is 14.7 Å². The van der Waals surface area contributed by atoms with Crippen LogP contribution in [0.4, 0.5) is 0 Å². The van der Waals surface area contributed by atoms with Gasteiger partial charge in [-0.3, -0.25) is 4.79 Å². The van der Waals surface area contributed by atoms with Crippen molar-refractivity contribution in [1.82, 2.24) is 9.88 Å². The number of hydrogen-bond donors (Lipinski definition) is 1. The molecule has 0 aliphatic carbocycles. The summed E-state index contributed by atoms with van der Waals surface area (Å²) in [6.45, 7) is 1.30. The third-order valence-electron chi connectivity index (χ3n) is 5.00. The van der Waals surface area contributed by atoms with Crippen molar-refractivity contribution < 1.29 is 9.63 Å². The van der Waals surface area contributed by atoms with Gasteiger partial charge in [-0.25, -0.2) is 0 Å². The third-order valence-corrected chi connectivity index (χ3v) is 6.28. The molecule has 7 heteroatoms. The first-order valence-electron chi connectivity index (χ1n) is 8.54. The zero-order valence-electron chi connectivity index (χ0n) is 13.9. The lowest BCUT2D eigenvalue weighted by Crippen LogP contribution is -2.42.